The highest BCUT2D eigenvalue weighted by Crippen LogP contribution is 2.22. The molecular formula is C19H23NO4S. The number of sulfonamides is 1. The van der Waals surface area contributed by atoms with Gasteiger partial charge in [0.1, 0.15) is 0 Å². The number of esters is 1. The van der Waals surface area contributed by atoms with Gasteiger partial charge in [0.25, 0.3) is 10.0 Å². The molecule has 25 heavy (non-hydrogen) atoms. The van der Waals surface area contributed by atoms with Crippen molar-refractivity contribution in [2.75, 3.05) is 11.3 Å². The molecule has 0 aliphatic carbocycles. The summed E-state index contributed by atoms with van der Waals surface area (Å²) in [6.07, 6.45) is 1.39. The molecule has 2 rings (SSSR count). The van der Waals surface area contributed by atoms with Crippen LogP contribution in [-0.4, -0.2) is 21.0 Å². The zero-order valence-electron chi connectivity index (χ0n) is 14.7. The number of carbonyl (C=O) groups excluding carboxylic acids is 1. The molecule has 5 nitrogen and oxygen atoms in total. The third-order valence-electron chi connectivity index (χ3n) is 3.86. The number of ether oxygens (including phenoxy) is 1. The van der Waals surface area contributed by atoms with E-state index in [1.807, 2.05) is 26.0 Å². The van der Waals surface area contributed by atoms with E-state index in [1.165, 1.54) is 0 Å². The number of aryl methyl sites for hydroxylation is 2. The maximum absolute atomic E-state index is 12.8. The summed E-state index contributed by atoms with van der Waals surface area (Å²) in [5.74, 6) is -0.430. The summed E-state index contributed by atoms with van der Waals surface area (Å²) in [7, 11) is -3.70. The van der Waals surface area contributed by atoms with Crippen LogP contribution in [0.3, 0.4) is 0 Å². The Balaban J connectivity index is 2.28. The smallest absolute Gasteiger partial charge is 0.338 e. The second-order valence-corrected chi connectivity index (χ2v) is 7.20. The Morgan fingerprint density at radius 3 is 2.24 bits per heavy atom. The number of hydrogen-bond acceptors (Lipinski definition) is 4. The second-order valence-electron chi connectivity index (χ2n) is 5.55. The average Bonchev–Trinajstić information content (AvgIpc) is 2.61. The molecule has 0 heterocycles. The maximum atomic E-state index is 12.8. The number of rotatable bonds is 7. The molecule has 0 aromatic heterocycles. The van der Waals surface area contributed by atoms with E-state index in [9.17, 15) is 13.2 Å². The van der Waals surface area contributed by atoms with Gasteiger partial charge in [-0.15, -0.1) is 0 Å². The molecule has 0 fully saturated rings. The number of carbonyl (C=O) groups is 1. The lowest BCUT2D eigenvalue weighted by atomic mass is 10.1. The summed E-state index contributed by atoms with van der Waals surface area (Å²) in [6.45, 7) is 5.93. The summed E-state index contributed by atoms with van der Waals surface area (Å²) in [5.41, 5.74) is 2.52. The topological polar surface area (TPSA) is 72.5 Å². The monoisotopic (exact) mass is 361 g/mol. The fourth-order valence-electron chi connectivity index (χ4n) is 2.46. The van der Waals surface area contributed by atoms with Crippen molar-refractivity contribution in [3.05, 3.63) is 59.2 Å². The quantitative estimate of drug-likeness (QED) is 0.762. The number of anilines is 1. The third kappa shape index (κ3) is 4.60. The molecule has 6 heteroatoms. The van der Waals surface area contributed by atoms with Crippen molar-refractivity contribution < 1.29 is 17.9 Å². The van der Waals surface area contributed by atoms with Crippen molar-refractivity contribution in [3.8, 4) is 0 Å². The Kier molecular flexibility index (Phi) is 6.20. The summed E-state index contributed by atoms with van der Waals surface area (Å²) >= 11 is 0. The molecule has 0 radical (unpaired) electrons. The molecular weight excluding hydrogens is 338 g/mol. The first-order chi connectivity index (χ1) is 11.9. The summed E-state index contributed by atoms with van der Waals surface area (Å²) in [5, 5.41) is 0. The molecule has 0 saturated heterocycles. The molecule has 0 atom stereocenters. The van der Waals surface area contributed by atoms with E-state index in [0.29, 0.717) is 29.2 Å². The Morgan fingerprint density at radius 1 is 1.00 bits per heavy atom. The Hall–Kier alpha value is -2.34. The lowest BCUT2D eigenvalue weighted by molar-refractivity contribution is 0.0526. The molecule has 0 aliphatic heterocycles. The van der Waals surface area contributed by atoms with E-state index in [0.717, 1.165) is 17.5 Å². The minimum atomic E-state index is -3.70. The van der Waals surface area contributed by atoms with Crippen LogP contribution in [-0.2, 0) is 27.6 Å². The van der Waals surface area contributed by atoms with Crippen molar-refractivity contribution in [2.45, 2.75) is 38.5 Å². The molecule has 0 saturated carbocycles. The molecule has 0 bridgehead atoms. The van der Waals surface area contributed by atoms with Crippen LogP contribution in [0.25, 0.3) is 0 Å². The predicted molar refractivity (Wildman–Crippen MR) is 98.4 cm³/mol. The van der Waals surface area contributed by atoms with E-state index >= 15 is 0 Å². The fraction of sp³-hybridized carbons (Fsp3) is 0.316. The van der Waals surface area contributed by atoms with E-state index in [2.05, 4.69) is 4.72 Å². The summed E-state index contributed by atoms with van der Waals surface area (Å²) in [4.78, 5) is 12.0. The number of nitrogens with one attached hydrogen (secondary N) is 1. The van der Waals surface area contributed by atoms with Gasteiger partial charge < -0.3 is 4.74 Å². The lowest BCUT2D eigenvalue weighted by Crippen LogP contribution is -2.15. The van der Waals surface area contributed by atoms with E-state index < -0.39 is 16.0 Å². The van der Waals surface area contributed by atoms with Crippen LogP contribution in [0.5, 0.6) is 0 Å². The normalized spacial score (nSPS) is 11.2. The maximum Gasteiger partial charge on any atom is 0.338 e. The Bertz CT molecular complexity index is 842. The van der Waals surface area contributed by atoms with Crippen molar-refractivity contribution in [2.24, 2.45) is 0 Å². The zero-order chi connectivity index (χ0) is 18.4. The van der Waals surface area contributed by atoms with E-state index in [4.69, 9.17) is 4.74 Å². The standard InChI is InChI=1S/C19H23NO4S/c1-4-14-7-8-15(5-2)18(13-14)25(22,23)20-17-11-9-16(10-12-17)19(21)24-6-3/h7-13,20H,4-6H2,1-3H3. The SMILES string of the molecule is CCOC(=O)c1ccc(NS(=O)(=O)c2cc(CC)ccc2CC)cc1. The van der Waals surface area contributed by atoms with Crippen LogP contribution in [0, 0.1) is 0 Å². The first-order valence-corrected chi connectivity index (χ1v) is 9.81. The van der Waals surface area contributed by atoms with Gasteiger partial charge in [0.15, 0.2) is 0 Å². The van der Waals surface area contributed by atoms with Crippen molar-refractivity contribution >= 4 is 21.7 Å². The molecule has 0 aliphatic rings. The first-order valence-electron chi connectivity index (χ1n) is 8.33. The van der Waals surface area contributed by atoms with E-state index in [1.54, 1.807) is 37.3 Å². The highest BCUT2D eigenvalue weighted by atomic mass is 32.2. The molecule has 1 N–H and O–H groups in total. The van der Waals surface area contributed by atoms with Gasteiger partial charge >= 0.3 is 5.97 Å². The van der Waals surface area contributed by atoms with Crippen LogP contribution in [0.15, 0.2) is 47.4 Å². The second kappa shape index (κ2) is 8.16. The van der Waals surface area contributed by atoms with Crippen molar-refractivity contribution in [1.82, 2.24) is 0 Å². The predicted octanol–water partition coefficient (Wildman–Crippen LogP) is 3.79. The van der Waals surface area contributed by atoms with Crippen LogP contribution in [0.1, 0.15) is 42.3 Å². The van der Waals surface area contributed by atoms with Crippen LogP contribution in [0.4, 0.5) is 5.69 Å². The van der Waals surface area contributed by atoms with Gasteiger partial charge in [-0.25, -0.2) is 13.2 Å². The van der Waals surface area contributed by atoms with E-state index in [-0.39, 0.29) is 0 Å². The third-order valence-corrected chi connectivity index (χ3v) is 5.32. The van der Waals surface area contributed by atoms with Gasteiger partial charge in [0, 0.05) is 5.69 Å². The summed E-state index contributed by atoms with van der Waals surface area (Å²) in [6, 6.07) is 11.7. The van der Waals surface area contributed by atoms with Gasteiger partial charge in [0.2, 0.25) is 0 Å². The van der Waals surface area contributed by atoms with Gasteiger partial charge in [0.05, 0.1) is 17.1 Å². The van der Waals surface area contributed by atoms with Crippen LogP contribution < -0.4 is 4.72 Å². The Labute approximate surface area is 149 Å². The van der Waals surface area contributed by atoms with Crippen molar-refractivity contribution in [3.63, 3.8) is 0 Å². The van der Waals surface area contributed by atoms with Gasteiger partial charge in [-0.3, -0.25) is 4.72 Å². The lowest BCUT2D eigenvalue weighted by Gasteiger charge is -2.13. The molecule has 0 spiro atoms. The number of benzene rings is 2. The highest BCUT2D eigenvalue weighted by molar-refractivity contribution is 7.92. The molecule has 0 amide bonds. The summed E-state index contributed by atoms with van der Waals surface area (Å²) < 4.78 is 33.0. The Morgan fingerprint density at radius 2 is 1.68 bits per heavy atom. The average molecular weight is 361 g/mol. The van der Waals surface area contributed by atoms with Gasteiger partial charge in [-0.2, -0.15) is 0 Å². The number of hydrogen-bond donors (Lipinski definition) is 1. The minimum Gasteiger partial charge on any atom is -0.462 e. The van der Waals surface area contributed by atoms with Crippen LogP contribution in [0.2, 0.25) is 0 Å². The molecule has 2 aromatic rings. The highest BCUT2D eigenvalue weighted by Gasteiger charge is 2.19. The molecule has 2 aromatic carbocycles. The zero-order valence-corrected chi connectivity index (χ0v) is 15.5. The first kappa shape index (κ1) is 19.0. The van der Waals surface area contributed by atoms with Crippen LogP contribution >= 0.6 is 0 Å². The van der Waals surface area contributed by atoms with Crippen molar-refractivity contribution in [1.29, 1.82) is 0 Å². The minimum absolute atomic E-state index is 0.292. The molecule has 134 valence electrons. The van der Waals surface area contributed by atoms with Gasteiger partial charge in [-0.05, 0) is 61.2 Å². The largest absolute Gasteiger partial charge is 0.462 e. The van der Waals surface area contributed by atoms with Gasteiger partial charge in [-0.1, -0.05) is 26.0 Å². The molecule has 0 unspecified atom stereocenters. The fourth-order valence-corrected chi connectivity index (χ4v) is 3.88.